The van der Waals surface area contributed by atoms with E-state index in [9.17, 15) is 4.79 Å². The molecule has 0 atom stereocenters. The molecular weight excluding hydrogens is 314 g/mol. The fourth-order valence-electron chi connectivity index (χ4n) is 3.51. The molecule has 0 bridgehead atoms. The van der Waals surface area contributed by atoms with Gasteiger partial charge in [0.15, 0.2) is 0 Å². The summed E-state index contributed by atoms with van der Waals surface area (Å²) >= 11 is 0. The molecule has 0 amide bonds. The average molecular weight is 356 g/mol. The second-order valence-electron chi connectivity index (χ2n) is 7.48. The third-order valence-corrected chi connectivity index (χ3v) is 5.32. The van der Waals surface area contributed by atoms with Crippen LogP contribution in [0.5, 0.6) is 0 Å². The molecule has 2 aliphatic rings. The second kappa shape index (κ2) is 12.8. The monoisotopic (exact) mass is 355 g/mol. The lowest BCUT2D eigenvalue weighted by atomic mass is 9.96. The summed E-state index contributed by atoms with van der Waals surface area (Å²) in [5, 5.41) is 0. The molecule has 0 unspecified atom stereocenters. The Morgan fingerprint density at radius 2 is 1.52 bits per heavy atom. The summed E-state index contributed by atoms with van der Waals surface area (Å²) in [6, 6.07) is 0. The molecule has 2 fully saturated rings. The van der Waals surface area contributed by atoms with Crippen LogP contribution < -0.4 is 0 Å². The maximum atomic E-state index is 11.8. The van der Waals surface area contributed by atoms with Gasteiger partial charge in [0.1, 0.15) is 5.78 Å². The lowest BCUT2D eigenvalue weighted by molar-refractivity contribution is -0.123. The molecule has 0 aliphatic carbocycles. The van der Waals surface area contributed by atoms with Crippen molar-refractivity contribution in [3.05, 3.63) is 0 Å². The summed E-state index contributed by atoms with van der Waals surface area (Å²) in [4.78, 5) is 19.3. The van der Waals surface area contributed by atoms with Crippen molar-refractivity contribution in [3.8, 4) is 0 Å². The van der Waals surface area contributed by atoms with Gasteiger partial charge in [0.25, 0.3) is 0 Å². The fraction of sp³-hybridized carbons (Fsp3) is 0.950. The highest BCUT2D eigenvalue weighted by molar-refractivity contribution is 5.82. The third-order valence-electron chi connectivity index (χ3n) is 5.32. The molecule has 0 aromatic rings. The fourth-order valence-corrected chi connectivity index (χ4v) is 3.51. The van der Waals surface area contributed by atoms with Crippen LogP contribution in [0.25, 0.3) is 0 Å². The first-order valence-electron chi connectivity index (χ1n) is 10.3. The van der Waals surface area contributed by atoms with Crippen LogP contribution in [0.3, 0.4) is 0 Å². The number of nitrogens with zero attached hydrogens (tertiary/aromatic N) is 3. The molecule has 0 aromatic carbocycles. The number of piperazine rings is 1. The van der Waals surface area contributed by atoms with Gasteiger partial charge in [0, 0.05) is 52.3 Å². The Kier molecular flexibility index (Phi) is 11.5. The van der Waals surface area contributed by atoms with Crippen LogP contribution in [0, 0.1) is 11.8 Å². The van der Waals surface area contributed by atoms with E-state index in [4.69, 9.17) is 4.74 Å². The molecule has 0 N–H and O–H groups in total. The zero-order valence-electron chi connectivity index (χ0n) is 17.3. The van der Waals surface area contributed by atoms with Crippen molar-refractivity contribution in [2.75, 3.05) is 72.6 Å². The van der Waals surface area contributed by atoms with E-state index in [1.165, 1.54) is 32.5 Å². The Bertz CT molecular complexity index is 347. The number of carbonyl (C=O) groups is 1. The van der Waals surface area contributed by atoms with Crippen molar-refractivity contribution in [3.63, 3.8) is 0 Å². The molecule has 2 rings (SSSR count). The van der Waals surface area contributed by atoms with E-state index in [1.807, 2.05) is 27.7 Å². The minimum absolute atomic E-state index is 0.163. The molecule has 0 radical (unpaired) electrons. The van der Waals surface area contributed by atoms with Gasteiger partial charge in [-0.2, -0.15) is 0 Å². The van der Waals surface area contributed by atoms with E-state index in [0.717, 1.165) is 45.2 Å². The van der Waals surface area contributed by atoms with E-state index in [2.05, 4.69) is 14.7 Å². The summed E-state index contributed by atoms with van der Waals surface area (Å²) in [7, 11) is 1.78. The Balaban J connectivity index is 0.00000151. The van der Waals surface area contributed by atoms with Gasteiger partial charge in [-0.3, -0.25) is 9.69 Å². The van der Waals surface area contributed by atoms with E-state index in [-0.39, 0.29) is 5.92 Å². The zero-order valence-corrected chi connectivity index (χ0v) is 17.3. The lowest BCUT2D eigenvalue weighted by Gasteiger charge is -2.38. The molecule has 25 heavy (non-hydrogen) atoms. The summed E-state index contributed by atoms with van der Waals surface area (Å²) in [5.74, 6) is 1.39. The molecule has 5 nitrogen and oxygen atoms in total. The van der Waals surface area contributed by atoms with Gasteiger partial charge >= 0.3 is 0 Å². The standard InChI is InChI=1S/C18H35N3O2.C2H6/c1-16(2)18(22)15-21-10-8-20(9-11-21)14-17-4-6-19(7-5-17)12-13-23-3;1-2/h16-17H,4-15H2,1-3H3;1-2H3. The number of ketones is 1. The third kappa shape index (κ3) is 8.63. The quantitative estimate of drug-likeness (QED) is 0.667. The number of hydrogen-bond donors (Lipinski definition) is 0. The maximum absolute atomic E-state index is 11.8. The molecule has 2 heterocycles. The van der Waals surface area contributed by atoms with E-state index in [0.29, 0.717) is 12.3 Å². The summed E-state index contributed by atoms with van der Waals surface area (Å²) in [6.07, 6.45) is 2.63. The average Bonchev–Trinajstić information content (AvgIpc) is 2.64. The van der Waals surface area contributed by atoms with Crippen LogP contribution in [0.1, 0.15) is 40.5 Å². The first kappa shape index (κ1) is 22.6. The molecule has 2 aliphatic heterocycles. The van der Waals surface area contributed by atoms with Crippen LogP contribution in [-0.4, -0.2) is 93.1 Å². The summed E-state index contributed by atoms with van der Waals surface area (Å²) in [6.45, 7) is 18.6. The largest absolute Gasteiger partial charge is 0.383 e. The van der Waals surface area contributed by atoms with Crippen molar-refractivity contribution in [2.45, 2.75) is 40.5 Å². The van der Waals surface area contributed by atoms with Gasteiger partial charge in [0.2, 0.25) is 0 Å². The van der Waals surface area contributed by atoms with Gasteiger partial charge < -0.3 is 14.5 Å². The van der Waals surface area contributed by atoms with Crippen molar-refractivity contribution < 1.29 is 9.53 Å². The topological polar surface area (TPSA) is 36.0 Å². The molecule has 0 spiro atoms. The molecule has 148 valence electrons. The van der Waals surface area contributed by atoms with Gasteiger partial charge in [-0.15, -0.1) is 0 Å². The zero-order chi connectivity index (χ0) is 18.7. The number of likely N-dealkylation sites (tertiary alicyclic amines) is 1. The molecule has 5 heteroatoms. The Morgan fingerprint density at radius 3 is 2.04 bits per heavy atom. The highest BCUT2D eigenvalue weighted by Gasteiger charge is 2.24. The predicted molar refractivity (Wildman–Crippen MR) is 105 cm³/mol. The minimum Gasteiger partial charge on any atom is -0.383 e. The lowest BCUT2D eigenvalue weighted by Crippen LogP contribution is -2.50. The van der Waals surface area contributed by atoms with Crippen LogP contribution in [0.4, 0.5) is 0 Å². The van der Waals surface area contributed by atoms with Crippen molar-refractivity contribution >= 4 is 5.78 Å². The predicted octanol–water partition coefficient (Wildman–Crippen LogP) is 2.21. The number of hydrogen-bond acceptors (Lipinski definition) is 5. The maximum Gasteiger partial charge on any atom is 0.149 e. The molecule has 0 aromatic heterocycles. The number of piperidine rings is 1. The Hall–Kier alpha value is -0.490. The van der Waals surface area contributed by atoms with Crippen LogP contribution in [0.2, 0.25) is 0 Å². The smallest absolute Gasteiger partial charge is 0.149 e. The van der Waals surface area contributed by atoms with Crippen LogP contribution in [-0.2, 0) is 9.53 Å². The normalized spacial score (nSPS) is 21.2. The van der Waals surface area contributed by atoms with Crippen molar-refractivity contribution in [1.29, 1.82) is 0 Å². The first-order chi connectivity index (χ1) is 12.1. The van der Waals surface area contributed by atoms with E-state index >= 15 is 0 Å². The highest BCUT2D eigenvalue weighted by Crippen LogP contribution is 2.19. The number of methoxy groups -OCH3 is 1. The molecule has 2 saturated heterocycles. The number of ether oxygens (including phenoxy) is 1. The van der Waals surface area contributed by atoms with Crippen molar-refractivity contribution in [2.24, 2.45) is 11.8 Å². The second-order valence-corrected chi connectivity index (χ2v) is 7.48. The van der Waals surface area contributed by atoms with Gasteiger partial charge in [0.05, 0.1) is 13.2 Å². The van der Waals surface area contributed by atoms with Gasteiger partial charge in [-0.1, -0.05) is 27.7 Å². The Morgan fingerprint density at radius 1 is 0.960 bits per heavy atom. The number of carbonyl (C=O) groups excluding carboxylic acids is 1. The van der Waals surface area contributed by atoms with E-state index in [1.54, 1.807) is 7.11 Å². The summed E-state index contributed by atoms with van der Waals surface area (Å²) < 4.78 is 5.17. The first-order valence-corrected chi connectivity index (χ1v) is 10.3. The molecular formula is C20H41N3O2. The Labute approximate surface area is 155 Å². The number of Topliss-reactive ketones (excluding diaryl/α,β-unsaturated/α-hetero) is 1. The van der Waals surface area contributed by atoms with Gasteiger partial charge in [-0.05, 0) is 31.8 Å². The SMILES string of the molecule is CC.COCCN1CCC(CN2CCN(CC(=O)C(C)C)CC2)CC1. The van der Waals surface area contributed by atoms with Crippen LogP contribution in [0.15, 0.2) is 0 Å². The summed E-state index contributed by atoms with van der Waals surface area (Å²) in [5.41, 5.74) is 0. The van der Waals surface area contributed by atoms with Crippen molar-refractivity contribution in [1.82, 2.24) is 14.7 Å². The number of rotatable bonds is 8. The van der Waals surface area contributed by atoms with Crippen LogP contribution >= 0.6 is 0 Å². The van der Waals surface area contributed by atoms with E-state index < -0.39 is 0 Å². The molecule has 0 saturated carbocycles. The highest BCUT2D eigenvalue weighted by atomic mass is 16.5. The van der Waals surface area contributed by atoms with Gasteiger partial charge in [-0.25, -0.2) is 0 Å². The minimum atomic E-state index is 0.163.